The summed E-state index contributed by atoms with van der Waals surface area (Å²) in [5, 5.41) is 10.2. The molecule has 1 atom stereocenters. The second-order valence-corrected chi connectivity index (χ2v) is 4.15. The molecular formula is C15H15FO2. The number of hydrogen-bond donors (Lipinski definition) is 1. The van der Waals surface area contributed by atoms with E-state index >= 15 is 0 Å². The molecule has 0 fully saturated rings. The summed E-state index contributed by atoms with van der Waals surface area (Å²) in [5.41, 5.74) is 1.84. The van der Waals surface area contributed by atoms with Crippen molar-refractivity contribution in [2.24, 2.45) is 0 Å². The van der Waals surface area contributed by atoms with Crippen LogP contribution < -0.4 is 4.74 Å². The topological polar surface area (TPSA) is 29.5 Å². The molecule has 94 valence electrons. The van der Waals surface area contributed by atoms with Gasteiger partial charge in [-0.25, -0.2) is 4.39 Å². The number of rotatable bonds is 3. The molecule has 0 saturated heterocycles. The van der Waals surface area contributed by atoms with Gasteiger partial charge >= 0.3 is 0 Å². The Bertz CT molecular complexity index is 552. The van der Waals surface area contributed by atoms with Crippen LogP contribution in [0.1, 0.15) is 22.8 Å². The lowest BCUT2D eigenvalue weighted by Crippen LogP contribution is -2.03. The first-order valence-corrected chi connectivity index (χ1v) is 5.70. The predicted octanol–water partition coefficient (Wildman–Crippen LogP) is 3.22. The van der Waals surface area contributed by atoms with Gasteiger partial charge in [0.1, 0.15) is 17.7 Å². The van der Waals surface area contributed by atoms with E-state index in [-0.39, 0.29) is 5.56 Å². The minimum absolute atomic E-state index is 0.280. The number of aliphatic hydroxyl groups is 1. The smallest absolute Gasteiger partial charge is 0.129 e. The molecule has 0 heterocycles. The molecule has 0 saturated carbocycles. The monoisotopic (exact) mass is 246 g/mol. The molecule has 2 aromatic rings. The Labute approximate surface area is 106 Å². The molecule has 0 radical (unpaired) electrons. The number of ether oxygens (including phenoxy) is 1. The minimum Gasteiger partial charge on any atom is -0.496 e. The maximum Gasteiger partial charge on any atom is 0.129 e. The largest absolute Gasteiger partial charge is 0.496 e. The average Bonchev–Trinajstić information content (AvgIpc) is 2.38. The van der Waals surface area contributed by atoms with Crippen molar-refractivity contribution in [2.45, 2.75) is 13.0 Å². The fourth-order valence-electron chi connectivity index (χ4n) is 1.95. The van der Waals surface area contributed by atoms with Gasteiger partial charge in [-0.05, 0) is 36.2 Å². The molecule has 0 aliphatic rings. The van der Waals surface area contributed by atoms with Crippen LogP contribution >= 0.6 is 0 Å². The van der Waals surface area contributed by atoms with Crippen molar-refractivity contribution < 1.29 is 14.2 Å². The van der Waals surface area contributed by atoms with Crippen molar-refractivity contribution in [3.63, 3.8) is 0 Å². The highest BCUT2D eigenvalue weighted by Crippen LogP contribution is 2.27. The molecule has 0 spiro atoms. The van der Waals surface area contributed by atoms with E-state index < -0.39 is 11.9 Å². The number of benzene rings is 2. The van der Waals surface area contributed by atoms with Crippen LogP contribution in [-0.4, -0.2) is 12.2 Å². The third-order valence-corrected chi connectivity index (χ3v) is 2.93. The number of hydrogen-bond acceptors (Lipinski definition) is 2. The van der Waals surface area contributed by atoms with E-state index in [1.807, 2.05) is 6.92 Å². The zero-order valence-electron chi connectivity index (χ0n) is 10.4. The molecular weight excluding hydrogens is 231 g/mol. The molecule has 2 aromatic carbocycles. The molecule has 18 heavy (non-hydrogen) atoms. The van der Waals surface area contributed by atoms with Crippen molar-refractivity contribution in [3.8, 4) is 5.75 Å². The fraction of sp³-hybridized carbons (Fsp3) is 0.200. The van der Waals surface area contributed by atoms with E-state index in [1.54, 1.807) is 43.5 Å². The first kappa shape index (κ1) is 12.6. The molecule has 2 rings (SSSR count). The van der Waals surface area contributed by atoms with Gasteiger partial charge in [0.25, 0.3) is 0 Å². The van der Waals surface area contributed by atoms with Gasteiger partial charge in [-0.1, -0.05) is 24.3 Å². The van der Waals surface area contributed by atoms with Crippen molar-refractivity contribution >= 4 is 0 Å². The molecule has 2 nitrogen and oxygen atoms in total. The van der Waals surface area contributed by atoms with Crippen molar-refractivity contribution in [2.75, 3.05) is 7.11 Å². The lowest BCUT2D eigenvalue weighted by Gasteiger charge is -2.14. The predicted molar refractivity (Wildman–Crippen MR) is 68.2 cm³/mol. The number of aliphatic hydroxyl groups excluding tert-OH is 1. The standard InChI is InChI=1S/C15H15FO2/c1-10-9-11(7-8-14(10)18-2)15(17)12-5-3-4-6-13(12)16/h3-9,15,17H,1-2H3. The molecule has 1 unspecified atom stereocenters. The summed E-state index contributed by atoms with van der Waals surface area (Å²) < 4.78 is 18.7. The summed E-state index contributed by atoms with van der Waals surface area (Å²) in [5.74, 6) is 0.345. The van der Waals surface area contributed by atoms with Gasteiger partial charge in [-0.2, -0.15) is 0 Å². The van der Waals surface area contributed by atoms with Gasteiger partial charge in [0, 0.05) is 5.56 Å². The van der Waals surface area contributed by atoms with Crippen molar-refractivity contribution in [1.82, 2.24) is 0 Å². The van der Waals surface area contributed by atoms with Gasteiger partial charge < -0.3 is 9.84 Å². The van der Waals surface area contributed by atoms with Crippen LogP contribution in [0.5, 0.6) is 5.75 Å². The summed E-state index contributed by atoms with van der Waals surface area (Å²) in [6, 6.07) is 11.5. The van der Waals surface area contributed by atoms with E-state index in [2.05, 4.69) is 0 Å². The van der Waals surface area contributed by atoms with Gasteiger partial charge in [0.2, 0.25) is 0 Å². The Balaban J connectivity index is 2.37. The highest BCUT2D eigenvalue weighted by atomic mass is 19.1. The van der Waals surface area contributed by atoms with Gasteiger partial charge in [0.05, 0.1) is 7.11 Å². The number of halogens is 1. The summed E-state index contributed by atoms with van der Waals surface area (Å²) in [7, 11) is 1.59. The highest BCUT2D eigenvalue weighted by Gasteiger charge is 2.15. The zero-order chi connectivity index (χ0) is 13.1. The summed E-state index contributed by atoms with van der Waals surface area (Å²) in [6.45, 7) is 1.89. The maximum atomic E-state index is 13.6. The molecule has 3 heteroatoms. The lowest BCUT2D eigenvalue weighted by molar-refractivity contribution is 0.215. The second kappa shape index (κ2) is 5.19. The maximum absolute atomic E-state index is 13.6. The Morgan fingerprint density at radius 1 is 1.17 bits per heavy atom. The Kier molecular flexibility index (Phi) is 3.63. The first-order chi connectivity index (χ1) is 8.63. The average molecular weight is 246 g/mol. The molecule has 1 N–H and O–H groups in total. The zero-order valence-corrected chi connectivity index (χ0v) is 10.4. The summed E-state index contributed by atoms with van der Waals surface area (Å²) in [4.78, 5) is 0. The van der Waals surface area contributed by atoms with Crippen LogP contribution in [0.15, 0.2) is 42.5 Å². The minimum atomic E-state index is -0.962. The van der Waals surface area contributed by atoms with Crippen LogP contribution in [0.2, 0.25) is 0 Å². The molecule has 0 bridgehead atoms. The second-order valence-electron chi connectivity index (χ2n) is 4.15. The summed E-state index contributed by atoms with van der Waals surface area (Å²) in [6.07, 6.45) is -0.962. The van der Waals surface area contributed by atoms with Crippen LogP contribution in [0.4, 0.5) is 4.39 Å². The van der Waals surface area contributed by atoms with Gasteiger partial charge in [-0.3, -0.25) is 0 Å². The SMILES string of the molecule is COc1ccc(C(O)c2ccccc2F)cc1C. The van der Waals surface area contributed by atoms with E-state index in [1.165, 1.54) is 6.07 Å². The van der Waals surface area contributed by atoms with E-state index in [4.69, 9.17) is 4.74 Å². The lowest BCUT2D eigenvalue weighted by atomic mass is 9.99. The van der Waals surface area contributed by atoms with E-state index in [0.29, 0.717) is 5.56 Å². The first-order valence-electron chi connectivity index (χ1n) is 5.70. The summed E-state index contributed by atoms with van der Waals surface area (Å²) >= 11 is 0. The molecule has 0 aliphatic carbocycles. The molecule has 0 amide bonds. The van der Waals surface area contributed by atoms with Crippen molar-refractivity contribution in [3.05, 3.63) is 65.0 Å². The molecule has 0 aromatic heterocycles. The van der Waals surface area contributed by atoms with Crippen LogP contribution in [0.3, 0.4) is 0 Å². The van der Waals surface area contributed by atoms with Gasteiger partial charge in [0.15, 0.2) is 0 Å². The Morgan fingerprint density at radius 3 is 2.50 bits per heavy atom. The van der Waals surface area contributed by atoms with E-state index in [9.17, 15) is 9.50 Å². The third-order valence-electron chi connectivity index (χ3n) is 2.93. The Hall–Kier alpha value is -1.87. The van der Waals surface area contributed by atoms with Gasteiger partial charge in [-0.15, -0.1) is 0 Å². The fourth-order valence-corrected chi connectivity index (χ4v) is 1.95. The van der Waals surface area contributed by atoms with Crippen LogP contribution in [0, 0.1) is 12.7 Å². The normalized spacial score (nSPS) is 12.2. The number of aryl methyl sites for hydroxylation is 1. The van der Waals surface area contributed by atoms with Crippen LogP contribution in [-0.2, 0) is 0 Å². The Morgan fingerprint density at radius 2 is 1.89 bits per heavy atom. The highest BCUT2D eigenvalue weighted by molar-refractivity contribution is 5.40. The van der Waals surface area contributed by atoms with Crippen LogP contribution in [0.25, 0.3) is 0 Å². The number of methoxy groups -OCH3 is 1. The quantitative estimate of drug-likeness (QED) is 0.901. The van der Waals surface area contributed by atoms with E-state index in [0.717, 1.165) is 11.3 Å². The third kappa shape index (κ3) is 2.36. The van der Waals surface area contributed by atoms with Crippen molar-refractivity contribution in [1.29, 1.82) is 0 Å². The molecule has 0 aliphatic heterocycles.